The third-order valence-electron chi connectivity index (χ3n) is 6.91. The Morgan fingerprint density at radius 2 is 1.81 bits per heavy atom. The number of H-pyrrole nitrogens is 1. The maximum Gasteiger partial charge on any atom is 0.261 e. The number of nitrogens with one attached hydrogen (secondary N) is 1. The number of amides is 2. The van der Waals surface area contributed by atoms with Crippen LogP contribution in [0.25, 0.3) is 11.4 Å². The fraction of sp³-hybridized carbons (Fsp3) is 0.407. The molecule has 0 aliphatic carbocycles. The molecule has 2 saturated heterocycles. The SMILES string of the molecule is CN1CCN(C(=O)c2cccc(-c3n[nH]c(C4CCCCN4C(=O)COc4ccccc4)n3)c2)CC1. The molecular formula is C27H32N6O3. The molecule has 2 aliphatic rings. The van der Waals surface area contributed by atoms with E-state index in [9.17, 15) is 9.59 Å². The van der Waals surface area contributed by atoms with Crippen LogP contribution in [0.1, 0.15) is 41.5 Å². The Balaban J connectivity index is 1.28. The molecule has 9 heteroatoms. The lowest BCUT2D eigenvalue weighted by Gasteiger charge is -2.34. The predicted molar refractivity (Wildman–Crippen MR) is 135 cm³/mol. The van der Waals surface area contributed by atoms with E-state index >= 15 is 0 Å². The highest BCUT2D eigenvalue weighted by Crippen LogP contribution is 2.30. The monoisotopic (exact) mass is 488 g/mol. The van der Waals surface area contributed by atoms with Crippen LogP contribution in [-0.4, -0.2) is 88.1 Å². The van der Waals surface area contributed by atoms with Gasteiger partial charge in [0.1, 0.15) is 11.6 Å². The van der Waals surface area contributed by atoms with E-state index in [0.717, 1.165) is 51.0 Å². The molecule has 0 saturated carbocycles. The number of para-hydroxylation sites is 1. The second-order valence-corrected chi connectivity index (χ2v) is 9.42. The van der Waals surface area contributed by atoms with Crippen molar-refractivity contribution in [1.29, 1.82) is 0 Å². The van der Waals surface area contributed by atoms with Crippen LogP contribution in [0.2, 0.25) is 0 Å². The van der Waals surface area contributed by atoms with Crippen molar-refractivity contribution in [3.63, 3.8) is 0 Å². The van der Waals surface area contributed by atoms with E-state index in [4.69, 9.17) is 9.72 Å². The van der Waals surface area contributed by atoms with Crippen molar-refractivity contribution in [3.05, 3.63) is 66.0 Å². The summed E-state index contributed by atoms with van der Waals surface area (Å²) in [7, 11) is 2.07. The second-order valence-electron chi connectivity index (χ2n) is 9.42. The third-order valence-corrected chi connectivity index (χ3v) is 6.91. The van der Waals surface area contributed by atoms with E-state index in [1.807, 2.05) is 64.4 Å². The average Bonchev–Trinajstić information content (AvgIpc) is 3.43. The summed E-state index contributed by atoms with van der Waals surface area (Å²) in [6.07, 6.45) is 2.78. The van der Waals surface area contributed by atoms with Crippen LogP contribution in [0, 0.1) is 0 Å². The lowest BCUT2D eigenvalue weighted by Crippen LogP contribution is -2.47. The Bertz CT molecular complexity index is 1190. The molecule has 0 spiro atoms. The van der Waals surface area contributed by atoms with Crippen molar-refractivity contribution in [3.8, 4) is 17.1 Å². The van der Waals surface area contributed by atoms with E-state index in [1.54, 1.807) is 0 Å². The Hall–Kier alpha value is -3.72. The van der Waals surface area contributed by atoms with Crippen LogP contribution in [0.15, 0.2) is 54.6 Å². The molecule has 3 heterocycles. The molecule has 36 heavy (non-hydrogen) atoms. The topological polar surface area (TPSA) is 94.7 Å². The Labute approximate surface area is 211 Å². The number of aromatic nitrogens is 3. The predicted octanol–water partition coefficient (Wildman–Crippen LogP) is 2.99. The molecule has 1 atom stereocenters. The molecule has 2 amide bonds. The van der Waals surface area contributed by atoms with Crippen LogP contribution in [0.4, 0.5) is 0 Å². The first-order valence-corrected chi connectivity index (χ1v) is 12.6. The quantitative estimate of drug-likeness (QED) is 0.573. The molecule has 2 aliphatic heterocycles. The number of hydrogen-bond donors (Lipinski definition) is 1. The third kappa shape index (κ3) is 5.41. The second kappa shape index (κ2) is 10.9. The number of likely N-dealkylation sites (tertiary alicyclic amines) is 1. The van der Waals surface area contributed by atoms with E-state index in [1.165, 1.54) is 0 Å². The number of piperazine rings is 1. The van der Waals surface area contributed by atoms with Gasteiger partial charge in [-0.15, -0.1) is 0 Å². The molecule has 1 aromatic heterocycles. The van der Waals surface area contributed by atoms with Gasteiger partial charge in [-0.05, 0) is 50.6 Å². The number of aromatic amines is 1. The summed E-state index contributed by atoms with van der Waals surface area (Å²) in [6.45, 7) is 3.85. The van der Waals surface area contributed by atoms with Gasteiger partial charge >= 0.3 is 0 Å². The summed E-state index contributed by atoms with van der Waals surface area (Å²) in [5.41, 5.74) is 1.41. The molecule has 2 fully saturated rings. The number of rotatable bonds is 6. The first-order valence-electron chi connectivity index (χ1n) is 12.6. The van der Waals surface area contributed by atoms with Gasteiger partial charge in [-0.2, -0.15) is 5.10 Å². The lowest BCUT2D eigenvalue weighted by atomic mass is 10.0. The number of ether oxygens (including phenoxy) is 1. The van der Waals surface area contributed by atoms with Crippen LogP contribution >= 0.6 is 0 Å². The summed E-state index contributed by atoms with van der Waals surface area (Å²) in [5.74, 6) is 1.82. The van der Waals surface area contributed by atoms with Crippen molar-refractivity contribution >= 4 is 11.8 Å². The molecule has 1 unspecified atom stereocenters. The number of carbonyl (C=O) groups is 2. The number of hydrogen-bond acceptors (Lipinski definition) is 6. The van der Waals surface area contributed by atoms with Gasteiger partial charge in [0.25, 0.3) is 11.8 Å². The summed E-state index contributed by atoms with van der Waals surface area (Å²) in [4.78, 5) is 36.7. The molecule has 5 rings (SSSR count). The summed E-state index contributed by atoms with van der Waals surface area (Å²) in [6, 6.07) is 16.6. The summed E-state index contributed by atoms with van der Waals surface area (Å²) >= 11 is 0. The molecule has 0 radical (unpaired) electrons. The summed E-state index contributed by atoms with van der Waals surface area (Å²) in [5, 5.41) is 7.49. The number of benzene rings is 2. The highest BCUT2D eigenvalue weighted by Gasteiger charge is 2.31. The van der Waals surface area contributed by atoms with Crippen molar-refractivity contribution in [2.24, 2.45) is 0 Å². The standard InChI is InChI=1S/C27H32N6O3/c1-31-14-16-32(17-15-31)27(35)21-9-7-8-20(18-21)25-28-26(30-29-25)23-12-5-6-13-33(23)24(34)19-36-22-10-3-2-4-11-22/h2-4,7-11,18,23H,5-6,12-17,19H2,1H3,(H,28,29,30). The largest absolute Gasteiger partial charge is 0.484 e. The minimum atomic E-state index is -0.179. The van der Waals surface area contributed by atoms with E-state index < -0.39 is 0 Å². The first kappa shape index (κ1) is 24.0. The fourth-order valence-electron chi connectivity index (χ4n) is 4.79. The van der Waals surface area contributed by atoms with Gasteiger partial charge in [0.2, 0.25) is 0 Å². The molecular weight excluding hydrogens is 456 g/mol. The van der Waals surface area contributed by atoms with E-state index in [0.29, 0.717) is 29.5 Å². The molecule has 2 aromatic carbocycles. The zero-order valence-corrected chi connectivity index (χ0v) is 20.6. The van der Waals surface area contributed by atoms with Gasteiger partial charge in [-0.3, -0.25) is 14.7 Å². The zero-order valence-electron chi connectivity index (χ0n) is 20.6. The van der Waals surface area contributed by atoms with Gasteiger partial charge in [-0.1, -0.05) is 30.3 Å². The molecule has 0 bridgehead atoms. The molecule has 9 nitrogen and oxygen atoms in total. The van der Waals surface area contributed by atoms with Crippen molar-refractivity contribution in [1.82, 2.24) is 29.9 Å². The number of carbonyl (C=O) groups excluding carboxylic acids is 2. The molecule has 1 N–H and O–H groups in total. The zero-order chi connectivity index (χ0) is 24.9. The van der Waals surface area contributed by atoms with Gasteiger partial charge in [-0.25, -0.2) is 4.98 Å². The van der Waals surface area contributed by atoms with Gasteiger partial charge < -0.3 is 19.4 Å². The Morgan fingerprint density at radius 3 is 2.61 bits per heavy atom. The average molecular weight is 489 g/mol. The molecule has 3 aromatic rings. The maximum atomic E-state index is 13.0. The van der Waals surface area contributed by atoms with Crippen molar-refractivity contribution in [2.45, 2.75) is 25.3 Å². The van der Waals surface area contributed by atoms with Crippen LogP contribution in [-0.2, 0) is 4.79 Å². The van der Waals surface area contributed by atoms with Crippen LogP contribution in [0.3, 0.4) is 0 Å². The maximum absolute atomic E-state index is 13.0. The highest BCUT2D eigenvalue weighted by atomic mass is 16.5. The lowest BCUT2D eigenvalue weighted by molar-refractivity contribution is -0.137. The Morgan fingerprint density at radius 1 is 1.00 bits per heavy atom. The first-order chi connectivity index (χ1) is 17.6. The van der Waals surface area contributed by atoms with Crippen molar-refractivity contribution < 1.29 is 14.3 Å². The summed E-state index contributed by atoms with van der Waals surface area (Å²) < 4.78 is 5.70. The minimum absolute atomic E-state index is 0.0159. The van der Waals surface area contributed by atoms with E-state index in [-0.39, 0.29) is 24.5 Å². The van der Waals surface area contributed by atoms with E-state index in [2.05, 4.69) is 22.1 Å². The minimum Gasteiger partial charge on any atom is -0.484 e. The van der Waals surface area contributed by atoms with Crippen molar-refractivity contribution in [2.75, 3.05) is 46.4 Å². The number of piperidine rings is 1. The van der Waals surface area contributed by atoms with Crippen LogP contribution < -0.4 is 4.74 Å². The van der Waals surface area contributed by atoms with Gasteiger partial charge in [0, 0.05) is 43.9 Å². The van der Waals surface area contributed by atoms with Crippen LogP contribution in [0.5, 0.6) is 5.75 Å². The number of nitrogens with zero attached hydrogens (tertiary/aromatic N) is 5. The molecule has 188 valence electrons. The van der Waals surface area contributed by atoms with Gasteiger partial charge in [0.05, 0.1) is 6.04 Å². The normalized spacial score (nSPS) is 18.8. The Kier molecular flexibility index (Phi) is 7.27. The fourth-order valence-corrected chi connectivity index (χ4v) is 4.79. The smallest absolute Gasteiger partial charge is 0.261 e. The highest BCUT2D eigenvalue weighted by molar-refractivity contribution is 5.95. The van der Waals surface area contributed by atoms with Gasteiger partial charge in [0.15, 0.2) is 12.4 Å². The number of likely N-dealkylation sites (N-methyl/N-ethyl adjacent to an activating group) is 1.